The Morgan fingerprint density at radius 2 is 2.23 bits per heavy atom. The first-order valence-electron chi connectivity index (χ1n) is 4.80. The maximum absolute atomic E-state index is 4.22. The summed E-state index contributed by atoms with van der Waals surface area (Å²) in [7, 11) is 0. The lowest BCUT2D eigenvalue weighted by molar-refractivity contribution is 0.441. The summed E-state index contributed by atoms with van der Waals surface area (Å²) in [5, 5.41) is 6.66. The summed E-state index contributed by atoms with van der Waals surface area (Å²) >= 11 is 1.71. The second kappa shape index (κ2) is 5.35. The molecule has 1 aromatic rings. The molecule has 0 aliphatic heterocycles. The van der Waals surface area contributed by atoms with Crippen molar-refractivity contribution >= 4 is 11.3 Å². The van der Waals surface area contributed by atoms with E-state index in [1.54, 1.807) is 11.3 Å². The van der Waals surface area contributed by atoms with Crippen molar-refractivity contribution < 1.29 is 0 Å². The standard InChI is InChI=1S/C10H18N2S/c1-8(2)6-9(3)12-7-10-11-4-5-13-10/h4-5,8-9,12H,6-7H2,1-3H3. The van der Waals surface area contributed by atoms with Crippen LogP contribution in [0, 0.1) is 5.92 Å². The highest BCUT2D eigenvalue weighted by molar-refractivity contribution is 7.09. The molecular weight excluding hydrogens is 180 g/mol. The number of nitrogens with zero attached hydrogens (tertiary/aromatic N) is 1. The normalized spacial score (nSPS) is 13.5. The van der Waals surface area contributed by atoms with Gasteiger partial charge >= 0.3 is 0 Å². The van der Waals surface area contributed by atoms with E-state index in [9.17, 15) is 0 Å². The van der Waals surface area contributed by atoms with Crippen molar-refractivity contribution in [2.75, 3.05) is 0 Å². The van der Waals surface area contributed by atoms with Crippen LogP contribution in [0.15, 0.2) is 11.6 Å². The van der Waals surface area contributed by atoms with Gasteiger partial charge in [0.2, 0.25) is 0 Å². The molecule has 1 aromatic heterocycles. The number of nitrogens with one attached hydrogen (secondary N) is 1. The molecular formula is C10H18N2S. The molecule has 74 valence electrons. The van der Waals surface area contributed by atoms with Crippen molar-refractivity contribution in [3.8, 4) is 0 Å². The van der Waals surface area contributed by atoms with Gasteiger partial charge in [-0.05, 0) is 19.3 Å². The third-order valence-electron chi connectivity index (χ3n) is 1.91. The van der Waals surface area contributed by atoms with Gasteiger partial charge in [0.15, 0.2) is 0 Å². The summed E-state index contributed by atoms with van der Waals surface area (Å²) in [6.45, 7) is 7.64. The van der Waals surface area contributed by atoms with Gasteiger partial charge in [0.1, 0.15) is 5.01 Å². The zero-order valence-corrected chi connectivity index (χ0v) is 9.40. The molecule has 0 aliphatic carbocycles. The van der Waals surface area contributed by atoms with Crippen LogP contribution < -0.4 is 5.32 Å². The minimum absolute atomic E-state index is 0.587. The summed E-state index contributed by atoms with van der Waals surface area (Å²) in [5.74, 6) is 0.763. The molecule has 1 heterocycles. The quantitative estimate of drug-likeness (QED) is 0.787. The first kappa shape index (κ1) is 10.7. The Morgan fingerprint density at radius 1 is 1.46 bits per heavy atom. The maximum Gasteiger partial charge on any atom is 0.106 e. The number of rotatable bonds is 5. The predicted molar refractivity (Wildman–Crippen MR) is 57.9 cm³/mol. The molecule has 0 aliphatic rings. The van der Waals surface area contributed by atoms with E-state index in [0.29, 0.717) is 6.04 Å². The SMILES string of the molecule is CC(C)CC(C)NCc1nccs1. The second-order valence-corrected chi connectivity index (χ2v) is 4.82. The molecule has 0 saturated heterocycles. The number of hydrogen-bond acceptors (Lipinski definition) is 3. The number of thiazole rings is 1. The molecule has 0 fully saturated rings. The smallest absolute Gasteiger partial charge is 0.106 e. The Morgan fingerprint density at radius 3 is 2.77 bits per heavy atom. The Hall–Kier alpha value is -0.410. The Bertz CT molecular complexity index is 219. The second-order valence-electron chi connectivity index (χ2n) is 3.84. The van der Waals surface area contributed by atoms with Gasteiger partial charge in [0.05, 0.1) is 0 Å². The van der Waals surface area contributed by atoms with Crippen LogP contribution in [0.4, 0.5) is 0 Å². The molecule has 1 N–H and O–H groups in total. The van der Waals surface area contributed by atoms with Crippen LogP contribution in [0.1, 0.15) is 32.2 Å². The first-order chi connectivity index (χ1) is 6.18. The average molecular weight is 198 g/mol. The van der Waals surface area contributed by atoms with Crippen LogP contribution in [-0.2, 0) is 6.54 Å². The van der Waals surface area contributed by atoms with E-state index in [2.05, 4.69) is 31.1 Å². The van der Waals surface area contributed by atoms with Gasteiger partial charge in [-0.3, -0.25) is 0 Å². The van der Waals surface area contributed by atoms with Gasteiger partial charge in [-0.1, -0.05) is 13.8 Å². The largest absolute Gasteiger partial charge is 0.308 e. The summed E-state index contributed by atoms with van der Waals surface area (Å²) in [5.41, 5.74) is 0. The molecule has 0 bridgehead atoms. The molecule has 0 saturated carbocycles. The highest BCUT2D eigenvalue weighted by Crippen LogP contribution is 2.07. The fourth-order valence-electron chi connectivity index (χ4n) is 1.39. The van der Waals surface area contributed by atoms with Crippen LogP contribution in [-0.4, -0.2) is 11.0 Å². The highest BCUT2D eigenvalue weighted by Gasteiger charge is 2.04. The van der Waals surface area contributed by atoms with Gasteiger partial charge in [0, 0.05) is 24.2 Å². The fraction of sp³-hybridized carbons (Fsp3) is 0.700. The Kier molecular flexibility index (Phi) is 4.39. The molecule has 2 nitrogen and oxygen atoms in total. The van der Waals surface area contributed by atoms with E-state index in [4.69, 9.17) is 0 Å². The van der Waals surface area contributed by atoms with Crippen LogP contribution in [0.2, 0.25) is 0 Å². The molecule has 0 amide bonds. The Balaban J connectivity index is 2.19. The fourth-order valence-corrected chi connectivity index (χ4v) is 1.96. The molecule has 1 rings (SSSR count). The summed E-state index contributed by atoms with van der Waals surface area (Å²) < 4.78 is 0. The van der Waals surface area contributed by atoms with E-state index >= 15 is 0 Å². The number of hydrogen-bond donors (Lipinski definition) is 1. The van der Waals surface area contributed by atoms with Crippen LogP contribution in [0.25, 0.3) is 0 Å². The predicted octanol–water partition coefficient (Wildman–Crippen LogP) is 2.67. The van der Waals surface area contributed by atoms with Crippen molar-refractivity contribution in [1.82, 2.24) is 10.3 Å². The molecule has 3 heteroatoms. The van der Waals surface area contributed by atoms with Crippen LogP contribution in [0.3, 0.4) is 0 Å². The van der Waals surface area contributed by atoms with Crippen molar-refractivity contribution in [1.29, 1.82) is 0 Å². The summed E-state index contributed by atoms with van der Waals surface area (Å²) in [4.78, 5) is 4.22. The van der Waals surface area contributed by atoms with Crippen molar-refractivity contribution in [2.45, 2.75) is 39.8 Å². The third kappa shape index (κ3) is 4.39. The number of aromatic nitrogens is 1. The molecule has 0 radical (unpaired) electrons. The molecule has 0 aromatic carbocycles. The topological polar surface area (TPSA) is 24.9 Å². The van der Waals surface area contributed by atoms with Gasteiger partial charge in [0.25, 0.3) is 0 Å². The lowest BCUT2D eigenvalue weighted by atomic mass is 10.1. The van der Waals surface area contributed by atoms with E-state index in [1.807, 2.05) is 11.6 Å². The Labute approximate surface area is 84.4 Å². The lowest BCUT2D eigenvalue weighted by Crippen LogP contribution is -2.26. The van der Waals surface area contributed by atoms with Gasteiger partial charge < -0.3 is 5.32 Å². The summed E-state index contributed by atoms with van der Waals surface area (Å²) in [6.07, 6.45) is 3.08. The van der Waals surface area contributed by atoms with E-state index < -0.39 is 0 Å². The van der Waals surface area contributed by atoms with Gasteiger partial charge in [-0.25, -0.2) is 4.98 Å². The van der Waals surface area contributed by atoms with Gasteiger partial charge in [-0.15, -0.1) is 11.3 Å². The monoisotopic (exact) mass is 198 g/mol. The van der Waals surface area contributed by atoms with E-state index in [0.717, 1.165) is 12.5 Å². The maximum atomic E-state index is 4.22. The lowest BCUT2D eigenvalue weighted by Gasteiger charge is -2.14. The zero-order valence-electron chi connectivity index (χ0n) is 8.58. The summed E-state index contributed by atoms with van der Waals surface area (Å²) in [6, 6.07) is 0.587. The van der Waals surface area contributed by atoms with Crippen molar-refractivity contribution in [3.63, 3.8) is 0 Å². The van der Waals surface area contributed by atoms with E-state index in [-0.39, 0.29) is 0 Å². The molecule has 13 heavy (non-hydrogen) atoms. The average Bonchev–Trinajstić information content (AvgIpc) is 2.51. The minimum Gasteiger partial charge on any atom is -0.308 e. The molecule has 1 unspecified atom stereocenters. The zero-order chi connectivity index (χ0) is 9.68. The van der Waals surface area contributed by atoms with Crippen molar-refractivity contribution in [2.24, 2.45) is 5.92 Å². The first-order valence-corrected chi connectivity index (χ1v) is 5.68. The van der Waals surface area contributed by atoms with Gasteiger partial charge in [-0.2, -0.15) is 0 Å². The highest BCUT2D eigenvalue weighted by atomic mass is 32.1. The van der Waals surface area contributed by atoms with Crippen LogP contribution in [0.5, 0.6) is 0 Å². The molecule has 1 atom stereocenters. The van der Waals surface area contributed by atoms with Crippen LogP contribution >= 0.6 is 11.3 Å². The minimum atomic E-state index is 0.587. The molecule has 0 spiro atoms. The van der Waals surface area contributed by atoms with E-state index in [1.165, 1.54) is 11.4 Å². The third-order valence-corrected chi connectivity index (χ3v) is 2.69. The van der Waals surface area contributed by atoms with Crippen molar-refractivity contribution in [3.05, 3.63) is 16.6 Å².